The molecule has 0 aliphatic heterocycles. The van der Waals surface area contributed by atoms with E-state index in [1.807, 2.05) is 13.0 Å². The first kappa shape index (κ1) is 30.9. The topological polar surface area (TPSA) is 122 Å². The molecule has 10 nitrogen and oxygen atoms in total. The minimum atomic E-state index is -1.13. The Balaban J connectivity index is 1.82. The molecule has 3 atom stereocenters. The van der Waals surface area contributed by atoms with Gasteiger partial charge in [-0.3, -0.25) is 9.59 Å². The molecule has 0 spiro atoms. The van der Waals surface area contributed by atoms with Crippen LogP contribution < -0.4 is 24.3 Å². The van der Waals surface area contributed by atoms with Crippen molar-refractivity contribution in [3.05, 3.63) is 77.9 Å². The third-order valence-corrected chi connectivity index (χ3v) is 5.73. The van der Waals surface area contributed by atoms with Crippen LogP contribution in [0.1, 0.15) is 56.3 Å². The van der Waals surface area contributed by atoms with Crippen LogP contribution in [0.15, 0.2) is 60.8 Å². The van der Waals surface area contributed by atoms with Gasteiger partial charge < -0.3 is 29.0 Å². The van der Waals surface area contributed by atoms with Crippen LogP contribution >= 0.6 is 0 Å². The fourth-order valence-corrected chi connectivity index (χ4v) is 3.80. The molecule has 3 aromatic rings. The molecule has 0 radical (unpaired) electrons. The Kier molecular flexibility index (Phi) is 11.0. The molecule has 0 saturated heterocycles. The number of rotatable bonds is 13. The zero-order valence-corrected chi connectivity index (χ0v) is 23.5. The number of para-hydroxylation sites is 1. The summed E-state index contributed by atoms with van der Waals surface area (Å²) in [5.41, 5.74) is 0.230. The molecule has 0 fully saturated rings. The first-order valence-corrected chi connectivity index (χ1v) is 13.0. The van der Waals surface area contributed by atoms with Crippen molar-refractivity contribution in [3.63, 3.8) is 0 Å². The molecule has 1 amide bonds. The Labute approximate surface area is 237 Å². The van der Waals surface area contributed by atoms with E-state index in [4.69, 9.17) is 23.7 Å². The molecular formula is C30H33FN2O8. The van der Waals surface area contributed by atoms with E-state index in [9.17, 15) is 18.8 Å². The average molecular weight is 569 g/mol. The quantitative estimate of drug-likeness (QED) is 0.289. The van der Waals surface area contributed by atoms with Gasteiger partial charge >= 0.3 is 11.9 Å². The molecule has 2 aromatic carbocycles. The lowest BCUT2D eigenvalue weighted by Crippen LogP contribution is -2.42. The molecule has 218 valence electrons. The van der Waals surface area contributed by atoms with E-state index in [1.165, 1.54) is 51.4 Å². The summed E-state index contributed by atoms with van der Waals surface area (Å²) in [7, 11) is 1.35. The third-order valence-electron chi connectivity index (χ3n) is 5.73. The maximum absolute atomic E-state index is 14.1. The SMILES string of the molecule is CCCOc1cc(F)ccc1[C@@H](Oc1ccccc1)[C@H](C)OC(=O)[C@H](C)NC(=O)c1nccc(OC)c1OC(C)=O. The monoisotopic (exact) mass is 568 g/mol. The van der Waals surface area contributed by atoms with E-state index >= 15 is 0 Å². The summed E-state index contributed by atoms with van der Waals surface area (Å²) in [6.07, 6.45) is 0.219. The van der Waals surface area contributed by atoms with Crippen LogP contribution in [0.25, 0.3) is 0 Å². The zero-order valence-electron chi connectivity index (χ0n) is 23.5. The third kappa shape index (κ3) is 8.41. The van der Waals surface area contributed by atoms with Gasteiger partial charge in [-0.2, -0.15) is 0 Å². The molecular weight excluding hydrogens is 535 g/mol. The van der Waals surface area contributed by atoms with Crippen molar-refractivity contribution in [2.24, 2.45) is 0 Å². The molecule has 11 heteroatoms. The summed E-state index contributed by atoms with van der Waals surface area (Å²) >= 11 is 0. The number of ether oxygens (including phenoxy) is 5. The van der Waals surface area contributed by atoms with E-state index in [0.717, 1.165) is 0 Å². The summed E-state index contributed by atoms with van der Waals surface area (Å²) in [4.78, 5) is 41.6. The standard InChI is InChI=1S/C30H33FN2O8/c1-6-16-38-25-17-21(31)12-13-23(25)27(41-22-10-8-7-9-11-22)19(3)39-30(36)18(2)33-29(35)26-28(40-20(4)34)24(37-5)14-15-32-26/h7-15,17-19,27H,6,16H2,1-5H3,(H,33,35)/t18-,19-,27-/m0/s1. The van der Waals surface area contributed by atoms with Crippen molar-refractivity contribution in [2.45, 2.75) is 52.4 Å². The number of hydrogen-bond donors (Lipinski definition) is 1. The summed E-state index contributed by atoms with van der Waals surface area (Å²) in [6.45, 7) is 6.49. The number of benzene rings is 2. The van der Waals surface area contributed by atoms with Crippen LogP contribution in [-0.2, 0) is 14.3 Å². The number of methoxy groups -OCH3 is 1. The minimum Gasteiger partial charge on any atom is -0.493 e. The molecule has 1 aromatic heterocycles. The number of esters is 2. The lowest BCUT2D eigenvalue weighted by atomic mass is 10.0. The van der Waals surface area contributed by atoms with Crippen molar-refractivity contribution < 1.29 is 42.5 Å². The smallest absolute Gasteiger partial charge is 0.328 e. The lowest BCUT2D eigenvalue weighted by molar-refractivity contribution is -0.154. The minimum absolute atomic E-state index is 0.116. The number of hydrogen-bond acceptors (Lipinski definition) is 9. The average Bonchev–Trinajstić information content (AvgIpc) is 2.95. The number of nitrogens with one attached hydrogen (secondary N) is 1. The lowest BCUT2D eigenvalue weighted by Gasteiger charge is -2.28. The van der Waals surface area contributed by atoms with Crippen LogP contribution in [0.4, 0.5) is 4.39 Å². The largest absolute Gasteiger partial charge is 0.493 e. The molecule has 1 heterocycles. The Morgan fingerprint density at radius 1 is 1.02 bits per heavy atom. The van der Waals surface area contributed by atoms with Gasteiger partial charge in [-0.1, -0.05) is 25.1 Å². The Morgan fingerprint density at radius 3 is 2.41 bits per heavy atom. The highest BCUT2D eigenvalue weighted by atomic mass is 19.1. The summed E-state index contributed by atoms with van der Waals surface area (Å²) in [6, 6.07) is 13.2. The number of nitrogens with zero attached hydrogens (tertiary/aromatic N) is 1. The van der Waals surface area contributed by atoms with E-state index in [2.05, 4.69) is 10.3 Å². The second-order valence-electron chi connectivity index (χ2n) is 9.00. The van der Waals surface area contributed by atoms with Crippen molar-refractivity contribution in [2.75, 3.05) is 13.7 Å². The highest BCUT2D eigenvalue weighted by molar-refractivity contribution is 5.98. The zero-order chi connectivity index (χ0) is 29.9. The van der Waals surface area contributed by atoms with Gasteiger partial charge in [0.05, 0.1) is 13.7 Å². The van der Waals surface area contributed by atoms with Gasteiger partial charge in [0, 0.05) is 30.8 Å². The normalized spacial score (nSPS) is 12.8. The summed E-state index contributed by atoms with van der Waals surface area (Å²) in [5, 5.41) is 2.50. The van der Waals surface area contributed by atoms with Crippen molar-refractivity contribution >= 4 is 17.8 Å². The first-order valence-electron chi connectivity index (χ1n) is 13.0. The van der Waals surface area contributed by atoms with E-state index in [0.29, 0.717) is 24.3 Å². The Morgan fingerprint density at radius 2 is 1.76 bits per heavy atom. The number of carbonyl (C=O) groups excluding carboxylic acids is 3. The Bertz CT molecular complexity index is 1350. The molecule has 1 N–H and O–H groups in total. The van der Waals surface area contributed by atoms with Gasteiger partial charge in [-0.05, 0) is 44.5 Å². The second-order valence-corrected chi connectivity index (χ2v) is 9.00. The van der Waals surface area contributed by atoms with Gasteiger partial charge in [0.2, 0.25) is 5.75 Å². The highest BCUT2D eigenvalue weighted by Crippen LogP contribution is 2.34. The summed E-state index contributed by atoms with van der Waals surface area (Å²) in [5.74, 6) is -2.04. The number of amides is 1. The number of carbonyl (C=O) groups is 3. The predicted octanol–water partition coefficient (Wildman–Crippen LogP) is 4.81. The predicted molar refractivity (Wildman–Crippen MR) is 147 cm³/mol. The highest BCUT2D eigenvalue weighted by Gasteiger charge is 2.31. The van der Waals surface area contributed by atoms with Gasteiger partial charge in [-0.15, -0.1) is 0 Å². The van der Waals surface area contributed by atoms with Crippen molar-refractivity contribution in [1.29, 1.82) is 0 Å². The second kappa shape index (κ2) is 14.6. The number of halogens is 1. The molecule has 0 aliphatic carbocycles. The summed E-state index contributed by atoms with van der Waals surface area (Å²) < 4.78 is 42.1. The molecule has 41 heavy (non-hydrogen) atoms. The fraction of sp³-hybridized carbons (Fsp3) is 0.333. The van der Waals surface area contributed by atoms with Gasteiger partial charge in [-0.25, -0.2) is 14.2 Å². The van der Waals surface area contributed by atoms with E-state index in [-0.39, 0.29) is 22.9 Å². The van der Waals surface area contributed by atoms with Crippen LogP contribution in [0.5, 0.6) is 23.0 Å². The van der Waals surface area contributed by atoms with Crippen LogP contribution in [-0.4, -0.2) is 48.7 Å². The van der Waals surface area contributed by atoms with Gasteiger partial charge in [0.25, 0.3) is 5.91 Å². The van der Waals surface area contributed by atoms with Gasteiger partial charge in [0.1, 0.15) is 29.5 Å². The van der Waals surface area contributed by atoms with Crippen molar-refractivity contribution in [1.82, 2.24) is 10.3 Å². The van der Waals surface area contributed by atoms with Crippen LogP contribution in [0.3, 0.4) is 0 Å². The Hall–Kier alpha value is -4.67. The molecule has 0 aliphatic rings. The van der Waals surface area contributed by atoms with Crippen molar-refractivity contribution in [3.8, 4) is 23.0 Å². The van der Waals surface area contributed by atoms with Gasteiger partial charge in [0.15, 0.2) is 17.5 Å². The molecule has 0 saturated carbocycles. The maximum atomic E-state index is 14.1. The molecule has 0 unspecified atom stereocenters. The van der Waals surface area contributed by atoms with Crippen LogP contribution in [0, 0.1) is 5.82 Å². The molecule has 3 rings (SSSR count). The van der Waals surface area contributed by atoms with Crippen LogP contribution in [0.2, 0.25) is 0 Å². The maximum Gasteiger partial charge on any atom is 0.328 e. The molecule has 0 bridgehead atoms. The first-order chi connectivity index (χ1) is 19.6. The van der Waals surface area contributed by atoms with E-state index < -0.39 is 41.9 Å². The fourth-order valence-electron chi connectivity index (χ4n) is 3.80. The number of pyridine rings is 1. The number of aromatic nitrogens is 1. The van der Waals surface area contributed by atoms with E-state index in [1.54, 1.807) is 31.2 Å².